The molecule has 1 aliphatic rings. The first-order valence-electron chi connectivity index (χ1n) is 7.33. The monoisotopic (exact) mass is 366 g/mol. The molecule has 0 saturated carbocycles. The zero-order chi connectivity index (χ0) is 17.7. The number of amides is 1. The Morgan fingerprint density at radius 1 is 1.50 bits per heavy atom. The number of phenolic OH excluding ortho intramolecular Hbond substituents is 1. The first-order chi connectivity index (χ1) is 11.4. The van der Waals surface area contributed by atoms with Gasteiger partial charge in [-0.2, -0.15) is 0 Å². The molecule has 6 nitrogen and oxygen atoms in total. The topological polar surface area (TPSA) is 89.9 Å². The molecule has 128 valence electrons. The lowest BCUT2D eigenvalue weighted by atomic mass is 10.2. The molecule has 1 amide bonds. The van der Waals surface area contributed by atoms with Crippen LogP contribution in [-0.2, 0) is 9.59 Å². The quantitative estimate of drug-likeness (QED) is 0.578. The number of carbonyl (C=O) groups is 2. The third-order valence-corrected chi connectivity index (χ3v) is 4.60. The van der Waals surface area contributed by atoms with Crippen LogP contribution < -0.4 is 9.84 Å². The summed E-state index contributed by atoms with van der Waals surface area (Å²) >= 11 is 6.34. The molecule has 0 bridgehead atoms. The van der Waals surface area contributed by atoms with Gasteiger partial charge in [-0.25, -0.2) is 0 Å². The lowest BCUT2D eigenvalue weighted by Crippen LogP contribution is -2.30. The van der Waals surface area contributed by atoms with E-state index in [0.29, 0.717) is 27.1 Å². The fourth-order valence-electron chi connectivity index (χ4n) is 2.12. The van der Waals surface area contributed by atoms with Crippen LogP contribution in [0, 0.1) is 0 Å². The van der Waals surface area contributed by atoms with Crippen LogP contribution >= 0.6 is 24.0 Å². The molecule has 2 rings (SSSR count). The highest BCUT2D eigenvalue weighted by atomic mass is 32.2. The molecular formula is C16H16NO5S2-. The maximum absolute atomic E-state index is 12.4. The van der Waals surface area contributed by atoms with Crippen LogP contribution in [-0.4, -0.2) is 39.4 Å². The van der Waals surface area contributed by atoms with Crippen molar-refractivity contribution < 1.29 is 24.5 Å². The summed E-state index contributed by atoms with van der Waals surface area (Å²) in [7, 11) is 0. The maximum Gasteiger partial charge on any atom is 0.266 e. The number of nitrogens with zero attached hydrogens (tertiary/aromatic N) is 1. The zero-order valence-corrected chi connectivity index (χ0v) is 14.6. The maximum atomic E-state index is 12.4. The second-order valence-electron chi connectivity index (χ2n) is 4.97. The van der Waals surface area contributed by atoms with Crippen LogP contribution in [0.4, 0.5) is 0 Å². The average molecular weight is 366 g/mol. The van der Waals surface area contributed by atoms with Crippen LogP contribution in [0.15, 0.2) is 23.1 Å². The SMILES string of the molecule is CCOc1cc(/C=C2\SC(=S)N(CCCC(=O)[O-])C2=O)ccc1O. The van der Waals surface area contributed by atoms with E-state index in [1.54, 1.807) is 18.2 Å². The van der Waals surface area contributed by atoms with Crippen molar-refractivity contribution >= 4 is 46.3 Å². The number of carboxylic acid groups (broad SMARTS) is 1. The van der Waals surface area contributed by atoms with E-state index in [-0.39, 0.29) is 31.0 Å². The molecule has 1 aromatic rings. The van der Waals surface area contributed by atoms with Crippen LogP contribution in [0.3, 0.4) is 0 Å². The Morgan fingerprint density at radius 2 is 2.25 bits per heavy atom. The molecular weight excluding hydrogens is 350 g/mol. The Balaban J connectivity index is 2.13. The second kappa shape index (κ2) is 8.16. The summed E-state index contributed by atoms with van der Waals surface area (Å²) in [5.41, 5.74) is 0.700. The molecule has 0 atom stereocenters. The average Bonchev–Trinajstić information content (AvgIpc) is 2.78. The predicted octanol–water partition coefficient (Wildman–Crippen LogP) is 1.52. The smallest absolute Gasteiger partial charge is 0.266 e. The third-order valence-electron chi connectivity index (χ3n) is 3.22. The highest BCUT2D eigenvalue weighted by Crippen LogP contribution is 2.34. The Bertz CT molecular complexity index is 702. The van der Waals surface area contributed by atoms with Gasteiger partial charge in [-0.1, -0.05) is 30.0 Å². The lowest BCUT2D eigenvalue weighted by molar-refractivity contribution is -0.305. The zero-order valence-electron chi connectivity index (χ0n) is 13.0. The van der Waals surface area contributed by atoms with E-state index in [1.807, 2.05) is 6.92 Å². The molecule has 1 saturated heterocycles. The molecule has 1 aromatic carbocycles. The molecule has 1 aliphatic heterocycles. The van der Waals surface area contributed by atoms with Gasteiger partial charge in [0, 0.05) is 12.5 Å². The van der Waals surface area contributed by atoms with E-state index in [0.717, 1.165) is 11.8 Å². The minimum absolute atomic E-state index is 0.0313. The predicted molar refractivity (Wildman–Crippen MR) is 93.4 cm³/mol. The minimum atomic E-state index is -1.15. The van der Waals surface area contributed by atoms with E-state index in [2.05, 4.69) is 0 Å². The van der Waals surface area contributed by atoms with Gasteiger partial charge >= 0.3 is 0 Å². The normalized spacial score (nSPS) is 16.0. The van der Waals surface area contributed by atoms with Crippen molar-refractivity contribution in [1.82, 2.24) is 4.90 Å². The number of phenols is 1. The molecule has 24 heavy (non-hydrogen) atoms. The molecule has 1 heterocycles. The van der Waals surface area contributed by atoms with Gasteiger partial charge in [-0.3, -0.25) is 9.69 Å². The van der Waals surface area contributed by atoms with Gasteiger partial charge in [0.15, 0.2) is 11.5 Å². The van der Waals surface area contributed by atoms with Gasteiger partial charge in [0.1, 0.15) is 4.32 Å². The number of aromatic hydroxyl groups is 1. The van der Waals surface area contributed by atoms with Gasteiger partial charge in [-0.05, 0) is 43.5 Å². The van der Waals surface area contributed by atoms with Gasteiger partial charge in [0.25, 0.3) is 5.91 Å². The Kier molecular flexibility index (Phi) is 6.22. The van der Waals surface area contributed by atoms with Gasteiger partial charge in [0.2, 0.25) is 0 Å². The van der Waals surface area contributed by atoms with Crippen LogP contribution in [0.25, 0.3) is 6.08 Å². The fourth-order valence-corrected chi connectivity index (χ4v) is 3.43. The number of rotatable bonds is 7. The molecule has 8 heteroatoms. The van der Waals surface area contributed by atoms with Gasteiger partial charge in [0.05, 0.1) is 11.5 Å². The number of carbonyl (C=O) groups excluding carboxylic acids is 2. The van der Waals surface area contributed by atoms with E-state index in [9.17, 15) is 19.8 Å². The first-order valence-corrected chi connectivity index (χ1v) is 8.56. The number of benzene rings is 1. The Hall–Kier alpha value is -2.06. The Labute approximate surface area is 149 Å². The van der Waals surface area contributed by atoms with Crippen molar-refractivity contribution in [3.05, 3.63) is 28.7 Å². The number of aliphatic carboxylic acids is 1. The second-order valence-corrected chi connectivity index (χ2v) is 6.64. The molecule has 0 aromatic heterocycles. The highest BCUT2D eigenvalue weighted by Gasteiger charge is 2.31. The first kappa shape index (κ1) is 18.3. The molecule has 0 radical (unpaired) electrons. The van der Waals surface area contributed by atoms with Crippen molar-refractivity contribution in [3.63, 3.8) is 0 Å². The van der Waals surface area contributed by atoms with Crippen LogP contribution in [0.1, 0.15) is 25.3 Å². The van der Waals surface area contributed by atoms with E-state index in [4.69, 9.17) is 17.0 Å². The number of thioether (sulfide) groups is 1. The summed E-state index contributed by atoms with van der Waals surface area (Å²) in [6, 6.07) is 4.80. The summed E-state index contributed by atoms with van der Waals surface area (Å²) in [5.74, 6) is -1.03. The number of hydrogen-bond donors (Lipinski definition) is 1. The summed E-state index contributed by atoms with van der Waals surface area (Å²) in [5, 5.41) is 20.2. The molecule has 0 aliphatic carbocycles. The van der Waals surface area contributed by atoms with Crippen molar-refractivity contribution in [2.45, 2.75) is 19.8 Å². The number of ether oxygens (including phenoxy) is 1. The van der Waals surface area contributed by atoms with E-state index < -0.39 is 5.97 Å². The fraction of sp³-hybridized carbons (Fsp3) is 0.312. The molecule has 1 N–H and O–H groups in total. The van der Waals surface area contributed by atoms with Crippen molar-refractivity contribution in [3.8, 4) is 11.5 Å². The van der Waals surface area contributed by atoms with E-state index in [1.165, 1.54) is 11.0 Å². The minimum Gasteiger partial charge on any atom is -0.550 e. The van der Waals surface area contributed by atoms with Crippen molar-refractivity contribution in [1.29, 1.82) is 0 Å². The van der Waals surface area contributed by atoms with Crippen LogP contribution in [0.2, 0.25) is 0 Å². The summed E-state index contributed by atoms with van der Waals surface area (Å²) in [6.45, 7) is 2.47. The largest absolute Gasteiger partial charge is 0.550 e. The molecule has 1 fully saturated rings. The van der Waals surface area contributed by atoms with Gasteiger partial charge < -0.3 is 19.7 Å². The van der Waals surface area contributed by atoms with Crippen LogP contribution in [0.5, 0.6) is 11.5 Å². The molecule has 0 unspecified atom stereocenters. The third kappa shape index (κ3) is 4.48. The van der Waals surface area contributed by atoms with Crippen molar-refractivity contribution in [2.24, 2.45) is 0 Å². The van der Waals surface area contributed by atoms with Crippen molar-refractivity contribution in [2.75, 3.05) is 13.2 Å². The Morgan fingerprint density at radius 3 is 2.92 bits per heavy atom. The summed E-state index contributed by atoms with van der Waals surface area (Å²) in [4.78, 5) is 24.7. The molecule has 0 spiro atoms. The summed E-state index contributed by atoms with van der Waals surface area (Å²) in [6.07, 6.45) is 1.83. The summed E-state index contributed by atoms with van der Waals surface area (Å²) < 4.78 is 5.71. The lowest BCUT2D eigenvalue weighted by Gasteiger charge is -2.14. The highest BCUT2D eigenvalue weighted by molar-refractivity contribution is 8.26. The van der Waals surface area contributed by atoms with E-state index >= 15 is 0 Å². The van der Waals surface area contributed by atoms with Gasteiger partial charge in [-0.15, -0.1) is 0 Å². The standard InChI is InChI=1S/C16H17NO5S2/c1-2-22-12-8-10(5-6-11(12)18)9-13-15(21)17(16(23)24-13)7-3-4-14(19)20/h5-6,8-9,18H,2-4,7H2,1H3,(H,19,20)/p-1/b13-9-. The number of carboxylic acids is 1. The number of thiocarbonyl (C=S) groups is 1. The number of hydrogen-bond acceptors (Lipinski definition) is 7.